The van der Waals surface area contributed by atoms with Gasteiger partial charge in [0.15, 0.2) is 0 Å². The van der Waals surface area contributed by atoms with Crippen LogP contribution in [0.15, 0.2) is 34.2 Å². The third kappa shape index (κ3) is 3.16. The molecule has 4 aromatic rings. The van der Waals surface area contributed by atoms with Crippen LogP contribution in [-0.2, 0) is 6.61 Å². The fourth-order valence-corrected chi connectivity index (χ4v) is 3.91. The number of fused-ring (bicyclic) bond motifs is 1. The molecule has 0 aliphatic heterocycles. The van der Waals surface area contributed by atoms with Crippen molar-refractivity contribution in [1.82, 2.24) is 15.2 Å². The van der Waals surface area contributed by atoms with E-state index in [-0.39, 0.29) is 18.0 Å². The van der Waals surface area contributed by atoms with E-state index in [0.717, 1.165) is 16.7 Å². The maximum absolute atomic E-state index is 11.4. The first kappa shape index (κ1) is 17.9. The Morgan fingerprint density at radius 1 is 1.32 bits per heavy atom. The van der Waals surface area contributed by atoms with Gasteiger partial charge in [0, 0.05) is 29.6 Å². The lowest BCUT2D eigenvalue weighted by Crippen LogP contribution is -2.02. The summed E-state index contributed by atoms with van der Waals surface area (Å²) >= 11 is 1.31. The van der Waals surface area contributed by atoms with Crippen LogP contribution in [-0.4, -0.2) is 26.3 Å². The molecular formula is C19H16N4O4S. The van der Waals surface area contributed by atoms with E-state index in [1.165, 1.54) is 17.5 Å². The number of rotatable bonds is 5. The van der Waals surface area contributed by atoms with Crippen molar-refractivity contribution in [3.8, 4) is 17.2 Å². The highest BCUT2D eigenvalue weighted by Gasteiger charge is 2.17. The Hall–Kier alpha value is -3.46. The molecule has 0 unspecified atom stereocenters. The largest absolute Gasteiger partial charge is 0.489 e. The number of nitrogen functional groups attached to an aromatic ring is 1. The Bertz CT molecular complexity index is 1200. The van der Waals surface area contributed by atoms with Crippen LogP contribution in [0, 0.1) is 13.8 Å². The van der Waals surface area contributed by atoms with Gasteiger partial charge < -0.3 is 20.0 Å². The zero-order valence-corrected chi connectivity index (χ0v) is 15.9. The summed E-state index contributed by atoms with van der Waals surface area (Å²) in [5.41, 5.74) is 8.60. The molecule has 8 nitrogen and oxygen atoms in total. The first-order chi connectivity index (χ1) is 13.4. The van der Waals surface area contributed by atoms with E-state index in [2.05, 4.69) is 15.2 Å². The van der Waals surface area contributed by atoms with Gasteiger partial charge in [0.25, 0.3) is 0 Å². The summed E-state index contributed by atoms with van der Waals surface area (Å²) in [5, 5.41) is 19.7. The molecular weight excluding hydrogens is 380 g/mol. The second-order valence-electron chi connectivity index (χ2n) is 6.22. The van der Waals surface area contributed by atoms with Crippen molar-refractivity contribution in [1.29, 1.82) is 0 Å². The first-order valence-corrected chi connectivity index (χ1v) is 9.23. The zero-order chi connectivity index (χ0) is 19.8. The summed E-state index contributed by atoms with van der Waals surface area (Å²) < 4.78 is 12.1. The maximum atomic E-state index is 11.4. The molecule has 0 saturated heterocycles. The summed E-state index contributed by atoms with van der Waals surface area (Å²) in [6, 6.07) is 5.63. The SMILES string of the molecule is Cc1nnc(-c2ccc(C)c(OCc3csc4c(C(=O)O)cnc(N)c34)c2)o1. The quantitative estimate of drug-likeness (QED) is 0.521. The average molecular weight is 396 g/mol. The van der Waals surface area contributed by atoms with E-state index >= 15 is 0 Å². The minimum absolute atomic E-state index is 0.130. The highest BCUT2D eigenvalue weighted by molar-refractivity contribution is 7.17. The Morgan fingerprint density at radius 3 is 2.86 bits per heavy atom. The fourth-order valence-electron chi connectivity index (χ4n) is 2.85. The Balaban J connectivity index is 1.65. The molecule has 0 atom stereocenters. The van der Waals surface area contributed by atoms with Gasteiger partial charge in [0.1, 0.15) is 18.2 Å². The number of nitrogens with zero attached hydrogens (tertiary/aromatic N) is 3. The number of nitrogens with two attached hydrogens (primary N) is 1. The Labute approximate surface area is 163 Å². The molecule has 142 valence electrons. The van der Waals surface area contributed by atoms with E-state index < -0.39 is 5.97 Å². The Kier molecular flexibility index (Phi) is 4.44. The molecule has 0 spiro atoms. The van der Waals surface area contributed by atoms with Crippen LogP contribution in [0.1, 0.15) is 27.4 Å². The van der Waals surface area contributed by atoms with Crippen LogP contribution in [0.3, 0.4) is 0 Å². The predicted octanol–water partition coefficient (Wildman–Crippen LogP) is 3.82. The number of hydrogen-bond donors (Lipinski definition) is 2. The molecule has 3 heterocycles. The number of carboxylic acids is 1. The van der Waals surface area contributed by atoms with Crippen molar-refractivity contribution in [2.45, 2.75) is 20.5 Å². The van der Waals surface area contributed by atoms with Gasteiger partial charge in [-0.2, -0.15) is 0 Å². The van der Waals surface area contributed by atoms with E-state index in [1.54, 1.807) is 6.92 Å². The minimum Gasteiger partial charge on any atom is -0.489 e. The molecule has 28 heavy (non-hydrogen) atoms. The van der Waals surface area contributed by atoms with Crippen molar-refractivity contribution in [2.24, 2.45) is 0 Å². The van der Waals surface area contributed by atoms with Crippen molar-refractivity contribution < 1.29 is 19.1 Å². The number of aromatic nitrogens is 3. The minimum atomic E-state index is -1.04. The van der Waals surface area contributed by atoms with E-state index in [4.69, 9.17) is 14.9 Å². The summed E-state index contributed by atoms with van der Waals surface area (Å²) in [6.07, 6.45) is 1.28. The second-order valence-corrected chi connectivity index (χ2v) is 7.10. The molecule has 4 rings (SSSR count). The average Bonchev–Trinajstić information content (AvgIpc) is 3.28. The smallest absolute Gasteiger partial charge is 0.338 e. The van der Waals surface area contributed by atoms with Crippen LogP contribution < -0.4 is 10.5 Å². The number of benzene rings is 1. The molecule has 3 N–H and O–H groups in total. The molecule has 9 heteroatoms. The number of ether oxygens (including phenoxy) is 1. The highest BCUT2D eigenvalue weighted by Crippen LogP contribution is 2.34. The number of hydrogen-bond acceptors (Lipinski definition) is 8. The van der Waals surface area contributed by atoms with Crippen molar-refractivity contribution in [3.63, 3.8) is 0 Å². The van der Waals surface area contributed by atoms with Gasteiger partial charge in [0.2, 0.25) is 11.8 Å². The third-order valence-electron chi connectivity index (χ3n) is 4.28. The van der Waals surface area contributed by atoms with Gasteiger partial charge in [-0.25, -0.2) is 9.78 Å². The number of aryl methyl sites for hydroxylation is 2. The van der Waals surface area contributed by atoms with E-state index in [1.807, 2.05) is 30.5 Å². The number of anilines is 1. The monoisotopic (exact) mass is 396 g/mol. The Morgan fingerprint density at radius 2 is 2.14 bits per heavy atom. The van der Waals surface area contributed by atoms with E-state index in [0.29, 0.717) is 27.6 Å². The van der Waals surface area contributed by atoms with Crippen molar-refractivity contribution >= 4 is 33.2 Å². The molecule has 1 aromatic carbocycles. The molecule has 0 saturated carbocycles. The van der Waals surface area contributed by atoms with Gasteiger partial charge in [-0.1, -0.05) is 6.07 Å². The summed E-state index contributed by atoms with van der Waals surface area (Å²) in [4.78, 5) is 15.4. The normalized spacial score (nSPS) is 11.1. The number of aromatic carboxylic acids is 1. The van der Waals surface area contributed by atoms with Gasteiger partial charge in [0.05, 0.1) is 10.3 Å². The summed E-state index contributed by atoms with van der Waals surface area (Å²) in [6.45, 7) is 3.89. The number of thiophene rings is 1. The summed E-state index contributed by atoms with van der Waals surface area (Å²) in [7, 11) is 0. The summed E-state index contributed by atoms with van der Waals surface area (Å²) in [5.74, 6) is 0.813. The number of carboxylic acid groups (broad SMARTS) is 1. The lowest BCUT2D eigenvalue weighted by molar-refractivity contribution is 0.0699. The molecule has 0 radical (unpaired) electrons. The molecule has 3 aromatic heterocycles. The van der Waals surface area contributed by atoms with Crippen LogP contribution in [0.4, 0.5) is 5.82 Å². The molecule has 0 aliphatic carbocycles. The maximum Gasteiger partial charge on any atom is 0.338 e. The van der Waals surface area contributed by atoms with Crippen LogP contribution in [0.5, 0.6) is 5.75 Å². The lowest BCUT2D eigenvalue weighted by Gasteiger charge is -2.10. The van der Waals surface area contributed by atoms with Crippen LogP contribution in [0.25, 0.3) is 21.5 Å². The lowest BCUT2D eigenvalue weighted by atomic mass is 10.1. The van der Waals surface area contributed by atoms with Gasteiger partial charge in [-0.15, -0.1) is 21.5 Å². The van der Waals surface area contributed by atoms with E-state index in [9.17, 15) is 9.90 Å². The number of pyridine rings is 1. The van der Waals surface area contributed by atoms with Gasteiger partial charge in [-0.05, 0) is 30.0 Å². The van der Waals surface area contributed by atoms with Crippen molar-refractivity contribution in [2.75, 3.05) is 5.73 Å². The fraction of sp³-hybridized carbons (Fsp3) is 0.158. The molecule has 0 bridgehead atoms. The number of carbonyl (C=O) groups is 1. The molecule has 0 fully saturated rings. The molecule has 0 aliphatic rings. The molecule has 0 amide bonds. The van der Waals surface area contributed by atoms with Gasteiger partial charge in [-0.3, -0.25) is 0 Å². The topological polar surface area (TPSA) is 124 Å². The standard InChI is InChI=1S/C19H16N4O4S/c1-9-3-4-11(18-23-22-10(2)27-18)5-14(9)26-7-12-8-28-16-13(19(24)25)6-21-17(20)15(12)16/h3-6,8H,7H2,1-2H3,(H2,20,21)(H,24,25). The highest BCUT2D eigenvalue weighted by atomic mass is 32.1. The second kappa shape index (κ2) is 6.93. The van der Waals surface area contributed by atoms with Gasteiger partial charge >= 0.3 is 5.97 Å². The third-order valence-corrected chi connectivity index (χ3v) is 5.34. The van der Waals surface area contributed by atoms with Crippen LogP contribution in [0.2, 0.25) is 0 Å². The predicted molar refractivity (Wildman–Crippen MR) is 105 cm³/mol. The zero-order valence-electron chi connectivity index (χ0n) is 15.1. The van der Waals surface area contributed by atoms with Crippen LogP contribution >= 0.6 is 11.3 Å². The first-order valence-electron chi connectivity index (χ1n) is 8.36. The van der Waals surface area contributed by atoms with Crippen molar-refractivity contribution in [3.05, 3.63) is 52.4 Å².